The van der Waals surface area contributed by atoms with Crippen molar-refractivity contribution in [3.8, 4) is 0 Å². The summed E-state index contributed by atoms with van der Waals surface area (Å²) in [5, 5.41) is 110. The molecule has 3 rings (SSSR count). The average molecular weight is 1480 g/mol. The molecule has 18 unspecified atom stereocenters. The van der Waals surface area contributed by atoms with Crippen molar-refractivity contribution in [1.82, 2.24) is 0 Å². The summed E-state index contributed by atoms with van der Waals surface area (Å²) in [6.07, 6.45) is 19.6. The Morgan fingerprint density at radius 3 is 1.07 bits per heavy atom. The van der Waals surface area contributed by atoms with Gasteiger partial charge in [0.1, 0.15) is 98.7 Å². The van der Waals surface area contributed by atoms with E-state index in [1.165, 1.54) is 161 Å². The van der Waals surface area contributed by atoms with Gasteiger partial charge in [-0.2, -0.15) is 0 Å². The standard InChI is InChI=1S/C77H143O24P/c1-4-7-10-13-16-19-22-25-28-29-32-34-36-39-42-45-48-51-61(79)93-55-58(96-63(81)53-50-47-44-41-38-35-31-27-24-21-18-15-12-9-6-3)56-95-102(91,92)101-75-73(99-76-71(89)66(84)64(82)59(54-78)97-76)69(87)68(86)70(88)74(75)100-77-72(90)67(85)65(83)60(98-77)57-94-62(80)52-49-46-43-40-37-33-30-26-23-20-17-14-11-8-5-2/h21,24,58-60,64-78,82-90H,4-20,22-23,25-57H2,1-3H3,(H,91,92)/b24-21-. The minimum Gasteiger partial charge on any atom is -0.463 e. The number of aliphatic hydroxyl groups excluding tert-OH is 10. The highest BCUT2D eigenvalue weighted by molar-refractivity contribution is 7.47. The maximum absolute atomic E-state index is 14.4. The number of rotatable bonds is 64. The summed E-state index contributed by atoms with van der Waals surface area (Å²) in [4.78, 5) is 51.2. The summed E-state index contributed by atoms with van der Waals surface area (Å²) in [5.74, 6) is -1.98. The highest BCUT2D eigenvalue weighted by atomic mass is 31.2. The van der Waals surface area contributed by atoms with Crippen LogP contribution in [0.3, 0.4) is 0 Å². The Kier molecular flexibility index (Phi) is 54.0. The lowest BCUT2D eigenvalue weighted by atomic mass is 9.84. The largest absolute Gasteiger partial charge is 0.472 e. The van der Waals surface area contributed by atoms with E-state index in [1.54, 1.807) is 0 Å². The fourth-order valence-electron chi connectivity index (χ4n) is 13.5. The summed E-state index contributed by atoms with van der Waals surface area (Å²) in [6.45, 7) is 3.48. The van der Waals surface area contributed by atoms with E-state index in [-0.39, 0.29) is 19.3 Å². The highest BCUT2D eigenvalue weighted by Gasteiger charge is 2.58. The number of aliphatic hydroxyl groups is 10. The van der Waals surface area contributed by atoms with Crippen LogP contribution in [0, 0.1) is 0 Å². The lowest BCUT2D eigenvalue weighted by Gasteiger charge is -2.49. The van der Waals surface area contributed by atoms with Crippen LogP contribution in [0.15, 0.2) is 12.2 Å². The molecule has 1 aliphatic carbocycles. The van der Waals surface area contributed by atoms with Crippen LogP contribution < -0.4 is 0 Å². The number of carbonyl (C=O) groups is 3. The quantitative estimate of drug-likeness (QED) is 0.00886. The highest BCUT2D eigenvalue weighted by Crippen LogP contribution is 2.49. The molecular formula is C77H143O24P. The molecule has 25 heteroatoms. The maximum atomic E-state index is 14.4. The van der Waals surface area contributed by atoms with E-state index in [0.717, 1.165) is 109 Å². The third kappa shape index (κ3) is 40.8. The molecule has 0 aromatic rings. The van der Waals surface area contributed by atoms with Crippen LogP contribution >= 0.6 is 7.82 Å². The van der Waals surface area contributed by atoms with Gasteiger partial charge in [0.15, 0.2) is 18.7 Å². The van der Waals surface area contributed by atoms with Gasteiger partial charge in [-0.15, -0.1) is 0 Å². The van der Waals surface area contributed by atoms with Crippen molar-refractivity contribution in [3.63, 3.8) is 0 Å². The van der Waals surface area contributed by atoms with Gasteiger partial charge in [0.25, 0.3) is 0 Å². The van der Waals surface area contributed by atoms with E-state index in [2.05, 4.69) is 32.9 Å². The number of phosphoric ester groups is 1. The molecule has 102 heavy (non-hydrogen) atoms. The second-order valence-corrected chi connectivity index (χ2v) is 30.5. The predicted molar refractivity (Wildman–Crippen MR) is 388 cm³/mol. The van der Waals surface area contributed by atoms with Crippen molar-refractivity contribution in [2.75, 3.05) is 26.4 Å². The van der Waals surface area contributed by atoms with Gasteiger partial charge in [0.05, 0.1) is 13.2 Å². The first-order valence-electron chi connectivity index (χ1n) is 40.5. The molecule has 11 N–H and O–H groups in total. The van der Waals surface area contributed by atoms with Crippen molar-refractivity contribution < 1.29 is 117 Å². The first kappa shape index (κ1) is 93.9. The Morgan fingerprint density at radius 2 is 0.686 bits per heavy atom. The van der Waals surface area contributed by atoms with Crippen LogP contribution in [0.25, 0.3) is 0 Å². The average Bonchev–Trinajstić information content (AvgIpc) is 0.761. The lowest BCUT2D eigenvalue weighted by molar-refractivity contribution is -0.360. The van der Waals surface area contributed by atoms with Crippen molar-refractivity contribution >= 4 is 25.7 Å². The van der Waals surface area contributed by atoms with Crippen LogP contribution in [0.4, 0.5) is 0 Å². The van der Waals surface area contributed by atoms with E-state index in [0.29, 0.717) is 19.3 Å². The van der Waals surface area contributed by atoms with Crippen LogP contribution in [0.5, 0.6) is 0 Å². The lowest BCUT2D eigenvalue weighted by Crippen LogP contribution is -2.69. The Balaban J connectivity index is 1.70. The molecule has 0 radical (unpaired) electrons. The smallest absolute Gasteiger partial charge is 0.463 e. The zero-order chi connectivity index (χ0) is 74.6. The molecule has 2 aliphatic heterocycles. The molecule has 2 saturated heterocycles. The molecular weight excluding hydrogens is 1340 g/mol. The molecule has 3 fully saturated rings. The van der Waals surface area contributed by atoms with Gasteiger partial charge in [-0.25, -0.2) is 4.57 Å². The van der Waals surface area contributed by atoms with Crippen molar-refractivity contribution in [3.05, 3.63) is 12.2 Å². The number of hydrogen-bond acceptors (Lipinski definition) is 23. The number of allylic oxidation sites excluding steroid dienone is 2. The Hall–Kier alpha value is -2.30. The van der Waals surface area contributed by atoms with Crippen LogP contribution in [0.1, 0.15) is 329 Å². The third-order valence-electron chi connectivity index (χ3n) is 20.0. The molecule has 18 atom stereocenters. The molecule has 1 saturated carbocycles. The van der Waals surface area contributed by atoms with Crippen LogP contribution in [-0.4, -0.2) is 204 Å². The molecule has 0 spiro atoms. The van der Waals surface area contributed by atoms with E-state index in [9.17, 15) is 74.9 Å². The van der Waals surface area contributed by atoms with E-state index in [4.69, 9.17) is 42.2 Å². The van der Waals surface area contributed by atoms with Gasteiger partial charge < -0.3 is 89.1 Å². The summed E-state index contributed by atoms with van der Waals surface area (Å²) >= 11 is 0. The predicted octanol–water partition coefficient (Wildman–Crippen LogP) is 12.3. The molecule has 0 aromatic heterocycles. The van der Waals surface area contributed by atoms with Crippen molar-refractivity contribution in [1.29, 1.82) is 0 Å². The maximum Gasteiger partial charge on any atom is 0.472 e. The van der Waals surface area contributed by atoms with Crippen LogP contribution in [0.2, 0.25) is 0 Å². The number of unbranched alkanes of at least 4 members (excludes halogenated alkanes) is 41. The SMILES string of the molecule is CCCCCC/C=C\CCCCCCCCCC(=O)OC(COC(=O)CCCCCCCCCCCCCCCCCCC)COP(=O)(O)OC1C(OC2OC(CO)C(O)C(O)C2O)C(O)C(O)C(O)C1OC1OC(COC(=O)CCCCCCCCCCCCCCCCC)C(O)C(O)C1O. The molecule has 24 nitrogen and oxygen atoms in total. The number of carbonyl (C=O) groups excluding carboxylic acids is 3. The minimum absolute atomic E-state index is 0.0327. The third-order valence-corrected chi connectivity index (χ3v) is 21.0. The Labute approximate surface area is 612 Å². The van der Waals surface area contributed by atoms with E-state index in [1.807, 2.05) is 0 Å². The van der Waals surface area contributed by atoms with Gasteiger partial charge in [0.2, 0.25) is 0 Å². The summed E-state index contributed by atoms with van der Waals surface area (Å²) in [7, 11) is -5.70. The second kappa shape index (κ2) is 58.7. The molecule has 2 heterocycles. The first-order chi connectivity index (χ1) is 49.3. The summed E-state index contributed by atoms with van der Waals surface area (Å²) < 4.78 is 65.2. The summed E-state index contributed by atoms with van der Waals surface area (Å²) in [6, 6.07) is 0. The van der Waals surface area contributed by atoms with E-state index < -0.39 is 156 Å². The van der Waals surface area contributed by atoms with Crippen LogP contribution in [-0.2, 0) is 61.2 Å². The zero-order valence-electron chi connectivity index (χ0n) is 62.9. The molecule has 0 amide bonds. The normalized spacial score (nSPS) is 27.0. The second-order valence-electron chi connectivity index (χ2n) is 29.1. The Morgan fingerprint density at radius 1 is 0.373 bits per heavy atom. The molecule has 3 aliphatic rings. The van der Waals surface area contributed by atoms with Crippen molar-refractivity contribution in [2.45, 2.75) is 433 Å². The van der Waals surface area contributed by atoms with E-state index >= 15 is 0 Å². The monoisotopic (exact) mass is 1480 g/mol. The van der Waals surface area contributed by atoms with Gasteiger partial charge in [-0.3, -0.25) is 23.4 Å². The summed E-state index contributed by atoms with van der Waals surface area (Å²) in [5.41, 5.74) is 0. The van der Waals surface area contributed by atoms with Gasteiger partial charge in [-0.05, 0) is 44.9 Å². The number of hydrogen-bond donors (Lipinski definition) is 11. The zero-order valence-corrected chi connectivity index (χ0v) is 63.8. The molecule has 600 valence electrons. The topological polar surface area (TPSA) is 374 Å². The fraction of sp³-hybridized carbons (Fsp3) is 0.935. The molecule has 0 aromatic carbocycles. The Bertz CT molecular complexity index is 2150. The minimum atomic E-state index is -5.70. The fourth-order valence-corrected chi connectivity index (χ4v) is 14.4. The number of esters is 3. The number of ether oxygens (including phenoxy) is 7. The molecule has 0 bridgehead atoms. The van der Waals surface area contributed by atoms with Gasteiger partial charge in [-0.1, -0.05) is 277 Å². The number of phosphoric acid groups is 1. The van der Waals surface area contributed by atoms with Crippen molar-refractivity contribution in [2.24, 2.45) is 0 Å². The van der Waals surface area contributed by atoms with Gasteiger partial charge >= 0.3 is 25.7 Å². The first-order valence-corrected chi connectivity index (χ1v) is 42.0. The van der Waals surface area contributed by atoms with Gasteiger partial charge in [0, 0.05) is 19.3 Å².